The van der Waals surface area contributed by atoms with E-state index < -0.39 is 5.97 Å². The van der Waals surface area contributed by atoms with Crippen LogP contribution < -0.4 is 10.6 Å². The molecule has 3 aromatic rings. The molecule has 0 fully saturated rings. The van der Waals surface area contributed by atoms with E-state index in [0.29, 0.717) is 36.2 Å². The SMILES string of the molecule is CCOC(=O)c1ccccc1Nc1cnnc(NCc2ccco2)n1. The number of hydrogen-bond acceptors (Lipinski definition) is 8. The van der Waals surface area contributed by atoms with E-state index in [1.54, 1.807) is 37.5 Å². The second-order valence-electron chi connectivity index (χ2n) is 4.99. The predicted octanol–water partition coefficient (Wildman–Crippen LogP) is 3.00. The lowest BCUT2D eigenvalue weighted by molar-refractivity contribution is 0.0527. The second kappa shape index (κ2) is 7.91. The number of nitrogens with one attached hydrogen (secondary N) is 2. The van der Waals surface area contributed by atoms with Gasteiger partial charge < -0.3 is 19.8 Å². The van der Waals surface area contributed by atoms with Gasteiger partial charge in [0.2, 0.25) is 5.95 Å². The maximum atomic E-state index is 12.0. The molecule has 1 aromatic carbocycles. The Morgan fingerprint density at radius 1 is 1.24 bits per heavy atom. The Balaban J connectivity index is 1.73. The first-order valence-electron chi connectivity index (χ1n) is 7.75. The summed E-state index contributed by atoms with van der Waals surface area (Å²) in [6.45, 7) is 2.51. The number of carbonyl (C=O) groups is 1. The Labute approximate surface area is 144 Å². The highest BCUT2D eigenvalue weighted by Gasteiger charge is 2.12. The van der Waals surface area contributed by atoms with Crippen molar-refractivity contribution in [2.75, 3.05) is 17.2 Å². The van der Waals surface area contributed by atoms with Crippen molar-refractivity contribution in [3.63, 3.8) is 0 Å². The molecule has 2 aromatic heterocycles. The van der Waals surface area contributed by atoms with Crippen LogP contribution >= 0.6 is 0 Å². The molecule has 3 rings (SSSR count). The Bertz CT molecular complexity index is 836. The summed E-state index contributed by atoms with van der Waals surface area (Å²) in [4.78, 5) is 16.3. The highest BCUT2D eigenvalue weighted by atomic mass is 16.5. The van der Waals surface area contributed by atoms with Gasteiger partial charge in [0.1, 0.15) is 5.76 Å². The summed E-state index contributed by atoms with van der Waals surface area (Å²) in [6, 6.07) is 10.7. The number of ether oxygens (including phenoxy) is 1. The molecule has 0 atom stereocenters. The summed E-state index contributed by atoms with van der Waals surface area (Å²) in [7, 11) is 0. The van der Waals surface area contributed by atoms with Crippen LogP contribution in [0.1, 0.15) is 23.0 Å². The predicted molar refractivity (Wildman–Crippen MR) is 91.5 cm³/mol. The van der Waals surface area contributed by atoms with E-state index in [1.807, 2.05) is 12.1 Å². The monoisotopic (exact) mass is 339 g/mol. The zero-order chi connectivity index (χ0) is 17.5. The van der Waals surface area contributed by atoms with Crippen molar-refractivity contribution in [2.24, 2.45) is 0 Å². The maximum absolute atomic E-state index is 12.0. The molecule has 0 bridgehead atoms. The van der Waals surface area contributed by atoms with Crippen LogP contribution in [0.25, 0.3) is 0 Å². The van der Waals surface area contributed by atoms with Crippen LogP contribution in [0.5, 0.6) is 0 Å². The van der Waals surface area contributed by atoms with E-state index >= 15 is 0 Å². The molecular formula is C17H17N5O3. The Kier molecular flexibility index (Phi) is 5.20. The Morgan fingerprint density at radius 3 is 2.92 bits per heavy atom. The summed E-state index contributed by atoms with van der Waals surface area (Å²) in [6.07, 6.45) is 3.07. The summed E-state index contributed by atoms with van der Waals surface area (Å²) < 4.78 is 10.3. The van der Waals surface area contributed by atoms with Crippen LogP contribution in [-0.4, -0.2) is 27.8 Å². The molecule has 0 radical (unpaired) electrons. The molecule has 128 valence electrons. The van der Waals surface area contributed by atoms with Crippen molar-refractivity contribution >= 4 is 23.4 Å². The topological polar surface area (TPSA) is 102 Å². The fourth-order valence-corrected chi connectivity index (χ4v) is 2.13. The van der Waals surface area contributed by atoms with Crippen molar-refractivity contribution in [3.8, 4) is 0 Å². The molecule has 0 saturated carbocycles. The van der Waals surface area contributed by atoms with Crippen LogP contribution in [-0.2, 0) is 11.3 Å². The van der Waals surface area contributed by atoms with Crippen LogP contribution in [0, 0.1) is 0 Å². The molecule has 2 N–H and O–H groups in total. The quantitative estimate of drug-likeness (QED) is 0.633. The average Bonchev–Trinajstić information content (AvgIpc) is 3.15. The summed E-state index contributed by atoms with van der Waals surface area (Å²) in [5.41, 5.74) is 1.01. The minimum absolute atomic E-state index is 0.309. The van der Waals surface area contributed by atoms with E-state index in [-0.39, 0.29) is 0 Å². The lowest BCUT2D eigenvalue weighted by Gasteiger charge is -2.11. The molecule has 0 spiro atoms. The van der Waals surface area contributed by atoms with Gasteiger partial charge >= 0.3 is 5.97 Å². The standard InChI is InChI=1S/C17H17N5O3/c1-2-24-16(23)13-7-3-4-8-14(13)20-15-11-19-22-17(21-15)18-10-12-6-5-9-25-12/h3-9,11H,2,10H2,1H3,(H2,18,20,21,22). The fourth-order valence-electron chi connectivity index (χ4n) is 2.13. The molecule has 0 unspecified atom stereocenters. The third kappa shape index (κ3) is 4.31. The van der Waals surface area contributed by atoms with Gasteiger partial charge in [-0.1, -0.05) is 12.1 Å². The molecule has 0 aliphatic rings. The number of furan rings is 1. The van der Waals surface area contributed by atoms with Gasteiger partial charge in [0, 0.05) is 0 Å². The molecule has 25 heavy (non-hydrogen) atoms. The summed E-state index contributed by atoms with van der Waals surface area (Å²) >= 11 is 0. The number of para-hydroxylation sites is 1. The molecule has 8 nitrogen and oxygen atoms in total. The van der Waals surface area contributed by atoms with Crippen molar-refractivity contribution in [1.29, 1.82) is 0 Å². The minimum Gasteiger partial charge on any atom is -0.467 e. The van der Waals surface area contributed by atoms with Gasteiger partial charge in [-0.25, -0.2) is 4.79 Å². The zero-order valence-corrected chi connectivity index (χ0v) is 13.6. The normalized spacial score (nSPS) is 10.3. The fraction of sp³-hybridized carbons (Fsp3) is 0.176. The summed E-state index contributed by atoms with van der Waals surface area (Å²) in [5, 5.41) is 13.9. The minimum atomic E-state index is -0.399. The Morgan fingerprint density at radius 2 is 2.12 bits per heavy atom. The summed E-state index contributed by atoms with van der Waals surface area (Å²) in [5.74, 6) is 1.15. The number of carbonyl (C=O) groups excluding carboxylic acids is 1. The lowest BCUT2D eigenvalue weighted by Crippen LogP contribution is -2.09. The first-order chi connectivity index (χ1) is 12.3. The van der Waals surface area contributed by atoms with E-state index in [0.717, 1.165) is 5.76 Å². The Hall–Kier alpha value is -3.42. The van der Waals surface area contributed by atoms with Gasteiger partial charge in [0.15, 0.2) is 5.82 Å². The van der Waals surface area contributed by atoms with Gasteiger partial charge in [0.05, 0.1) is 36.9 Å². The van der Waals surface area contributed by atoms with Crippen molar-refractivity contribution in [2.45, 2.75) is 13.5 Å². The number of aromatic nitrogens is 3. The van der Waals surface area contributed by atoms with E-state index in [4.69, 9.17) is 9.15 Å². The van der Waals surface area contributed by atoms with Gasteiger partial charge in [-0.2, -0.15) is 10.1 Å². The number of nitrogens with zero attached hydrogens (tertiary/aromatic N) is 3. The molecular weight excluding hydrogens is 322 g/mol. The van der Waals surface area contributed by atoms with E-state index in [1.165, 1.54) is 6.20 Å². The third-order valence-corrected chi connectivity index (χ3v) is 3.24. The zero-order valence-electron chi connectivity index (χ0n) is 13.6. The number of benzene rings is 1. The number of rotatable bonds is 7. The average molecular weight is 339 g/mol. The molecule has 0 aliphatic heterocycles. The van der Waals surface area contributed by atoms with Crippen LogP contribution in [0.2, 0.25) is 0 Å². The molecule has 0 amide bonds. The smallest absolute Gasteiger partial charge is 0.340 e. The molecule has 2 heterocycles. The van der Waals surface area contributed by atoms with Crippen molar-refractivity contribution in [3.05, 3.63) is 60.2 Å². The van der Waals surface area contributed by atoms with Gasteiger partial charge in [-0.15, -0.1) is 5.10 Å². The number of anilines is 3. The molecule has 0 aliphatic carbocycles. The molecule has 0 saturated heterocycles. The van der Waals surface area contributed by atoms with Gasteiger partial charge in [0.25, 0.3) is 0 Å². The highest BCUT2D eigenvalue weighted by molar-refractivity contribution is 5.96. The van der Waals surface area contributed by atoms with Gasteiger partial charge in [-0.05, 0) is 31.2 Å². The van der Waals surface area contributed by atoms with E-state index in [2.05, 4.69) is 25.8 Å². The van der Waals surface area contributed by atoms with Crippen molar-refractivity contribution in [1.82, 2.24) is 15.2 Å². The maximum Gasteiger partial charge on any atom is 0.340 e. The van der Waals surface area contributed by atoms with Gasteiger partial charge in [-0.3, -0.25) is 0 Å². The molecule has 8 heteroatoms. The van der Waals surface area contributed by atoms with Crippen LogP contribution in [0.4, 0.5) is 17.5 Å². The lowest BCUT2D eigenvalue weighted by atomic mass is 10.2. The third-order valence-electron chi connectivity index (χ3n) is 3.24. The van der Waals surface area contributed by atoms with Crippen molar-refractivity contribution < 1.29 is 13.9 Å². The van der Waals surface area contributed by atoms with Crippen LogP contribution in [0.15, 0.2) is 53.3 Å². The van der Waals surface area contributed by atoms with Crippen LogP contribution in [0.3, 0.4) is 0 Å². The first kappa shape index (κ1) is 16.4. The second-order valence-corrected chi connectivity index (χ2v) is 4.99. The van der Waals surface area contributed by atoms with E-state index in [9.17, 15) is 4.79 Å². The number of esters is 1. The first-order valence-corrected chi connectivity index (χ1v) is 7.75. The number of hydrogen-bond donors (Lipinski definition) is 2. The highest BCUT2D eigenvalue weighted by Crippen LogP contribution is 2.20. The largest absolute Gasteiger partial charge is 0.467 e.